The molecule has 0 amide bonds. The van der Waals surface area contributed by atoms with E-state index in [1.165, 1.54) is 13.8 Å². The number of carbonyl (C=O) groups excluding carboxylic acids is 1. The molecule has 0 aromatic rings. The highest BCUT2D eigenvalue weighted by molar-refractivity contribution is 5.71. The van der Waals surface area contributed by atoms with E-state index in [1.807, 2.05) is 0 Å². The van der Waals surface area contributed by atoms with Crippen LogP contribution in [0.3, 0.4) is 0 Å². The molecule has 7 heavy (non-hydrogen) atoms. The van der Waals surface area contributed by atoms with Gasteiger partial charge in [-0.25, -0.2) is 0 Å². The highest BCUT2D eigenvalue weighted by Gasteiger charge is 2.18. The average molecular weight is 100 g/mol. The first-order valence-electron chi connectivity index (χ1n) is 2.01. The molecule has 0 aliphatic heterocycles. The normalized spacial score (nSPS) is 11.1. The zero-order valence-corrected chi connectivity index (χ0v) is 4.52. The Balaban J connectivity index is 3.79. The largest absolute Gasteiger partial charge is 0.545 e. The van der Waals surface area contributed by atoms with Gasteiger partial charge in [0, 0.05) is 0 Å². The fourth-order valence-corrected chi connectivity index (χ4v) is 0. The van der Waals surface area contributed by atoms with Gasteiger partial charge in [-0.1, -0.05) is 0 Å². The zero-order chi connectivity index (χ0) is 6.08. The molecule has 0 atom stereocenters. The van der Waals surface area contributed by atoms with Crippen molar-refractivity contribution in [3.05, 3.63) is 6.92 Å². The number of rotatable bonds is 1. The van der Waals surface area contributed by atoms with E-state index in [0.717, 1.165) is 0 Å². The lowest BCUT2D eigenvalue weighted by atomic mass is 9.98. The van der Waals surface area contributed by atoms with Crippen LogP contribution in [0.25, 0.3) is 0 Å². The third-order valence-electron chi connectivity index (χ3n) is 0.553. The Morgan fingerprint density at radius 2 is 1.86 bits per heavy atom. The number of aliphatic carboxylic acids is 1. The summed E-state index contributed by atoms with van der Waals surface area (Å²) < 4.78 is 0. The van der Waals surface area contributed by atoms with Crippen molar-refractivity contribution >= 4 is 5.97 Å². The van der Waals surface area contributed by atoms with Gasteiger partial charge in [-0.2, -0.15) is 0 Å². The van der Waals surface area contributed by atoms with Crippen LogP contribution >= 0.6 is 0 Å². The minimum atomic E-state index is -1.12. The molecular formula is C5H8O2. The Morgan fingerprint density at radius 3 is 1.86 bits per heavy atom. The molecule has 0 bridgehead atoms. The summed E-state index contributed by atoms with van der Waals surface area (Å²) in [6, 6.07) is 0. The monoisotopic (exact) mass is 100 g/mol. The summed E-state index contributed by atoms with van der Waals surface area (Å²) in [7, 11) is 0. The SMILES string of the molecule is [CH2+]C(C)(C)C(=O)[O-]. The summed E-state index contributed by atoms with van der Waals surface area (Å²) in [6.45, 7) is 6.28. The van der Waals surface area contributed by atoms with E-state index < -0.39 is 11.4 Å². The molecule has 0 saturated heterocycles. The molecule has 0 radical (unpaired) electrons. The summed E-state index contributed by atoms with van der Waals surface area (Å²) in [5.74, 6) is -1.12. The van der Waals surface area contributed by atoms with Crippen molar-refractivity contribution in [1.29, 1.82) is 0 Å². The Morgan fingerprint density at radius 1 is 1.71 bits per heavy atom. The molecule has 0 aliphatic carbocycles. The minimum Gasteiger partial charge on any atom is -0.545 e. The van der Waals surface area contributed by atoms with Crippen molar-refractivity contribution in [2.24, 2.45) is 5.41 Å². The van der Waals surface area contributed by atoms with Crippen LogP contribution in [0.4, 0.5) is 0 Å². The van der Waals surface area contributed by atoms with Crippen molar-refractivity contribution in [2.45, 2.75) is 13.8 Å². The van der Waals surface area contributed by atoms with Crippen LogP contribution in [0.15, 0.2) is 0 Å². The lowest BCUT2D eigenvalue weighted by Crippen LogP contribution is -2.35. The summed E-state index contributed by atoms with van der Waals surface area (Å²) in [5.41, 5.74) is -0.944. The van der Waals surface area contributed by atoms with E-state index in [2.05, 4.69) is 6.92 Å². The molecule has 40 valence electrons. The van der Waals surface area contributed by atoms with Crippen LogP contribution in [-0.4, -0.2) is 5.97 Å². The minimum absolute atomic E-state index is 0.944. The van der Waals surface area contributed by atoms with Crippen LogP contribution in [0.1, 0.15) is 13.8 Å². The van der Waals surface area contributed by atoms with E-state index in [1.54, 1.807) is 0 Å². The maximum Gasteiger partial charge on any atom is 0.139 e. The molecule has 0 heterocycles. The zero-order valence-electron chi connectivity index (χ0n) is 4.52. The van der Waals surface area contributed by atoms with Crippen molar-refractivity contribution in [3.63, 3.8) is 0 Å². The Labute approximate surface area is 43.2 Å². The lowest BCUT2D eigenvalue weighted by molar-refractivity contribution is -0.315. The van der Waals surface area contributed by atoms with Gasteiger partial charge in [-0.05, 0) is 13.8 Å². The predicted octanol–water partition coefficient (Wildman–Crippen LogP) is -0.403. The van der Waals surface area contributed by atoms with Gasteiger partial charge in [-0.15, -0.1) is 0 Å². The second-order valence-electron chi connectivity index (χ2n) is 2.17. The second-order valence-corrected chi connectivity index (χ2v) is 2.17. The third-order valence-corrected chi connectivity index (χ3v) is 0.553. The van der Waals surface area contributed by atoms with Crippen LogP contribution < -0.4 is 5.11 Å². The van der Waals surface area contributed by atoms with Crippen LogP contribution in [0.5, 0.6) is 0 Å². The molecular weight excluding hydrogens is 92.1 g/mol. The quantitative estimate of drug-likeness (QED) is 0.420. The molecule has 0 aromatic carbocycles. The standard InChI is InChI=1S/C5H8O2/c1-5(2,3)4(6)7/h1H2,2-3H3. The van der Waals surface area contributed by atoms with Gasteiger partial charge in [0.15, 0.2) is 0 Å². The Kier molecular flexibility index (Phi) is 1.31. The first kappa shape index (κ1) is 6.34. The molecule has 0 aromatic heterocycles. The number of carboxylic acids is 1. The fraction of sp³-hybridized carbons (Fsp3) is 0.600. The highest BCUT2D eigenvalue weighted by atomic mass is 16.4. The maximum absolute atomic E-state index is 9.85. The number of carbonyl (C=O) groups is 1. The predicted molar refractivity (Wildman–Crippen MR) is 24.1 cm³/mol. The Hall–Kier alpha value is -0.660. The van der Waals surface area contributed by atoms with Crippen molar-refractivity contribution < 1.29 is 9.90 Å². The van der Waals surface area contributed by atoms with Crippen molar-refractivity contribution in [3.8, 4) is 0 Å². The molecule has 0 saturated carbocycles. The molecule has 0 unspecified atom stereocenters. The van der Waals surface area contributed by atoms with Crippen molar-refractivity contribution in [2.75, 3.05) is 0 Å². The average Bonchev–Trinajstić information content (AvgIpc) is 1.31. The highest BCUT2D eigenvalue weighted by Crippen LogP contribution is 2.08. The summed E-state index contributed by atoms with van der Waals surface area (Å²) >= 11 is 0. The van der Waals surface area contributed by atoms with Gasteiger partial charge in [0.1, 0.15) is 5.41 Å². The lowest BCUT2D eigenvalue weighted by Gasteiger charge is -2.10. The summed E-state index contributed by atoms with van der Waals surface area (Å²) in [6.07, 6.45) is 0. The first-order valence-corrected chi connectivity index (χ1v) is 2.01. The van der Waals surface area contributed by atoms with Gasteiger partial charge in [-0.3, -0.25) is 0 Å². The maximum atomic E-state index is 9.85. The number of hydrogen-bond acceptors (Lipinski definition) is 2. The van der Waals surface area contributed by atoms with Crippen LogP contribution in [0.2, 0.25) is 0 Å². The van der Waals surface area contributed by atoms with Gasteiger partial charge >= 0.3 is 0 Å². The number of carboxylic acid groups (broad SMARTS) is 1. The molecule has 0 fully saturated rings. The van der Waals surface area contributed by atoms with Crippen LogP contribution in [-0.2, 0) is 4.79 Å². The van der Waals surface area contributed by atoms with Gasteiger partial charge < -0.3 is 9.90 Å². The van der Waals surface area contributed by atoms with E-state index in [4.69, 9.17) is 0 Å². The van der Waals surface area contributed by atoms with Gasteiger partial charge in [0.25, 0.3) is 0 Å². The van der Waals surface area contributed by atoms with E-state index in [-0.39, 0.29) is 0 Å². The van der Waals surface area contributed by atoms with E-state index in [0.29, 0.717) is 0 Å². The van der Waals surface area contributed by atoms with Gasteiger partial charge in [0.2, 0.25) is 0 Å². The first-order chi connectivity index (χ1) is 2.94. The second kappa shape index (κ2) is 1.45. The smallest absolute Gasteiger partial charge is 0.139 e. The van der Waals surface area contributed by atoms with Crippen molar-refractivity contribution in [1.82, 2.24) is 0 Å². The molecule has 0 aliphatic rings. The number of hydrogen-bond donors (Lipinski definition) is 0. The molecule has 0 N–H and O–H groups in total. The summed E-state index contributed by atoms with van der Waals surface area (Å²) in [4.78, 5) is 9.85. The van der Waals surface area contributed by atoms with Gasteiger partial charge in [0.05, 0.1) is 12.9 Å². The van der Waals surface area contributed by atoms with E-state index in [9.17, 15) is 9.90 Å². The third kappa shape index (κ3) is 2.09. The molecule has 2 heteroatoms. The summed E-state index contributed by atoms with van der Waals surface area (Å²) in [5, 5.41) is 9.85. The molecule has 0 rings (SSSR count). The van der Waals surface area contributed by atoms with Crippen LogP contribution in [0, 0.1) is 12.3 Å². The fourth-order valence-electron chi connectivity index (χ4n) is 0. The van der Waals surface area contributed by atoms with E-state index >= 15 is 0 Å². The molecule has 2 nitrogen and oxygen atoms in total. The topological polar surface area (TPSA) is 40.1 Å². The Bertz CT molecular complexity index is 78.6. The molecule has 0 spiro atoms.